The molecule has 0 aromatic heterocycles. The van der Waals surface area contributed by atoms with E-state index in [9.17, 15) is 0 Å². The number of fused-ring (bicyclic) bond motifs is 1. The molecule has 0 radical (unpaired) electrons. The van der Waals surface area contributed by atoms with E-state index in [2.05, 4.69) is 30.8 Å². The summed E-state index contributed by atoms with van der Waals surface area (Å²) in [5, 5.41) is 0. The molecule has 3 fully saturated rings. The van der Waals surface area contributed by atoms with Crippen molar-refractivity contribution in [3.05, 3.63) is 0 Å². The summed E-state index contributed by atoms with van der Waals surface area (Å²) in [5.74, 6) is 2.94. The second-order valence-electron chi connectivity index (χ2n) is 8.06. The van der Waals surface area contributed by atoms with E-state index in [4.69, 9.17) is 0 Å². The van der Waals surface area contributed by atoms with Crippen LogP contribution in [0, 0.1) is 17.8 Å². The average molecular weight is 278 g/mol. The summed E-state index contributed by atoms with van der Waals surface area (Å²) >= 11 is 0. The van der Waals surface area contributed by atoms with Gasteiger partial charge < -0.3 is 9.80 Å². The third kappa shape index (κ3) is 3.06. The van der Waals surface area contributed by atoms with Gasteiger partial charge in [0, 0.05) is 12.1 Å². The highest BCUT2D eigenvalue weighted by Gasteiger charge is 2.41. The summed E-state index contributed by atoms with van der Waals surface area (Å²) < 4.78 is 0. The summed E-state index contributed by atoms with van der Waals surface area (Å²) in [6.45, 7) is 5.17. The predicted molar refractivity (Wildman–Crippen MR) is 85.9 cm³/mol. The molecule has 0 aromatic rings. The van der Waals surface area contributed by atoms with Crippen molar-refractivity contribution in [2.45, 2.75) is 70.4 Å². The number of piperidine rings is 2. The largest absolute Gasteiger partial charge is 0.303 e. The van der Waals surface area contributed by atoms with Gasteiger partial charge in [-0.3, -0.25) is 0 Å². The molecule has 2 aliphatic heterocycles. The van der Waals surface area contributed by atoms with Crippen LogP contribution in [0.3, 0.4) is 0 Å². The summed E-state index contributed by atoms with van der Waals surface area (Å²) in [6, 6.07) is 1.78. The second-order valence-corrected chi connectivity index (χ2v) is 8.06. The molecular weight excluding hydrogens is 244 g/mol. The Morgan fingerprint density at radius 3 is 2.50 bits per heavy atom. The zero-order valence-corrected chi connectivity index (χ0v) is 13.9. The molecule has 0 unspecified atom stereocenters. The van der Waals surface area contributed by atoms with Gasteiger partial charge in [-0.05, 0) is 89.9 Å². The van der Waals surface area contributed by atoms with Gasteiger partial charge in [-0.15, -0.1) is 0 Å². The van der Waals surface area contributed by atoms with Crippen molar-refractivity contribution < 1.29 is 0 Å². The quantitative estimate of drug-likeness (QED) is 0.761. The number of hydrogen-bond donors (Lipinski definition) is 0. The van der Waals surface area contributed by atoms with Crippen LogP contribution >= 0.6 is 0 Å². The smallest absolute Gasteiger partial charge is 0.0126 e. The van der Waals surface area contributed by atoms with Gasteiger partial charge in [-0.25, -0.2) is 0 Å². The molecule has 2 saturated heterocycles. The standard InChI is InChI=1S/C18H34N2/c1-14-11-15(13-16-7-4-5-9-19(16)2)17-8-6-10-20(3)18(17)12-14/h14-18H,4-13H2,1-3H3/t14-,15+,16-,17+,18-/m1/s1. The zero-order valence-electron chi connectivity index (χ0n) is 13.9. The molecule has 0 N–H and O–H groups in total. The molecule has 0 aromatic carbocycles. The van der Waals surface area contributed by atoms with Crippen molar-refractivity contribution in [3.8, 4) is 0 Å². The van der Waals surface area contributed by atoms with Crippen LogP contribution in [0.25, 0.3) is 0 Å². The Morgan fingerprint density at radius 2 is 1.70 bits per heavy atom. The predicted octanol–water partition coefficient (Wildman–Crippen LogP) is 3.62. The van der Waals surface area contributed by atoms with E-state index < -0.39 is 0 Å². The van der Waals surface area contributed by atoms with Gasteiger partial charge >= 0.3 is 0 Å². The summed E-state index contributed by atoms with van der Waals surface area (Å²) in [6.07, 6.45) is 11.7. The highest BCUT2D eigenvalue weighted by atomic mass is 15.1. The van der Waals surface area contributed by atoms with Crippen LogP contribution in [0.1, 0.15) is 58.3 Å². The van der Waals surface area contributed by atoms with E-state index >= 15 is 0 Å². The van der Waals surface area contributed by atoms with E-state index in [1.807, 2.05) is 0 Å². The lowest BCUT2D eigenvalue weighted by molar-refractivity contribution is 0.00592. The second kappa shape index (κ2) is 6.36. The molecule has 3 rings (SSSR count). The first-order chi connectivity index (χ1) is 9.65. The van der Waals surface area contributed by atoms with Gasteiger partial charge in [0.2, 0.25) is 0 Å². The van der Waals surface area contributed by atoms with Crippen molar-refractivity contribution in [2.24, 2.45) is 17.8 Å². The normalized spacial score (nSPS) is 44.2. The Morgan fingerprint density at radius 1 is 0.900 bits per heavy atom. The van der Waals surface area contributed by atoms with Gasteiger partial charge in [0.25, 0.3) is 0 Å². The lowest BCUT2D eigenvalue weighted by Gasteiger charge is -2.50. The highest BCUT2D eigenvalue weighted by molar-refractivity contribution is 4.94. The maximum absolute atomic E-state index is 2.68. The van der Waals surface area contributed by atoms with Crippen LogP contribution in [-0.4, -0.2) is 49.1 Å². The van der Waals surface area contributed by atoms with Gasteiger partial charge in [-0.2, -0.15) is 0 Å². The molecule has 0 bridgehead atoms. The van der Waals surface area contributed by atoms with Crippen molar-refractivity contribution in [2.75, 3.05) is 27.2 Å². The monoisotopic (exact) mass is 278 g/mol. The van der Waals surface area contributed by atoms with Gasteiger partial charge in [0.05, 0.1) is 0 Å². The molecule has 0 spiro atoms. The number of likely N-dealkylation sites (tertiary alicyclic amines) is 2. The third-order valence-electron chi connectivity index (χ3n) is 6.56. The maximum Gasteiger partial charge on any atom is 0.0126 e. The maximum atomic E-state index is 2.68. The first-order valence-corrected chi connectivity index (χ1v) is 9.05. The molecule has 5 atom stereocenters. The molecule has 116 valence electrons. The van der Waals surface area contributed by atoms with E-state index in [1.54, 1.807) is 0 Å². The zero-order chi connectivity index (χ0) is 14.1. The van der Waals surface area contributed by atoms with E-state index in [0.29, 0.717) is 0 Å². The minimum absolute atomic E-state index is 0.881. The molecular formula is C18H34N2. The molecule has 1 aliphatic carbocycles. The minimum Gasteiger partial charge on any atom is -0.303 e. The highest BCUT2D eigenvalue weighted by Crippen LogP contribution is 2.44. The molecule has 20 heavy (non-hydrogen) atoms. The summed E-state index contributed by atoms with van der Waals surface area (Å²) in [5.41, 5.74) is 0. The van der Waals surface area contributed by atoms with E-state index in [1.165, 1.54) is 64.5 Å². The third-order valence-corrected chi connectivity index (χ3v) is 6.56. The molecule has 2 nitrogen and oxygen atoms in total. The topological polar surface area (TPSA) is 6.48 Å². The molecule has 3 aliphatic rings. The fraction of sp³-hybridized carbons (Fsp3) is 1.00. The Bertz CT molecular complexity index is 317. The lowest BCUT2D eigenvalue weighted by Crippen LogP contribution is -2.50. The van der Waals surface area contributed by atoms with Gasteiger partial charge in [0.15, 0.2) is 0 Å². The Labute approximate surface area is 125 Å². The van der Waals surface area contributed by atoms with Crippen LogP contribution in [0.5, 0.6) is 0 Å². The van der Waals surface area contributed by atoms with Crippen LogP contribution < -0.4 is 0 Å². The molecule has 2 heteroatoms. The summed E-state index contributed by atoms with van der Waals surface area (Å²) in [4.78, 5) is 5.34. The van der Waals surface area contributed by atoms with Crippen molar-refractivity contribution in [3.63, 3.8) is 0 Å². The molecule has 0 amide bonds. The first-order valence-electron chi connectivity index (χ1n) is 9.05. The number of rotatable bonds is 2. The van der Waals surface area contributed by atoms with Crippen LogP contribution in [0.2, 0.25) is 0 Å². The van der Waals surface area contributed by atoms with Crippen LogP contribution in [0.15, 0.2) is 0 Å². The number of hydrogen-bond acceptors (Lipinski definition) is 2. The van der Waals surface area contributed by atoms with Gasteiger partial charge in [-0.1, -0.05) is 13.3 Å². The molecule has 2 heterocycles. The SMILES string of the molecule is C[C@@H]1C[C@@H](C[C@H]2CCCCN2C)[C@@H]2CCCN(C)[C@@H]2C1. The van der Waals surface area contributed by atoms with Crippen molar-refractivity contribution in [1.82, 2.24) is 9.80 Å². The Hall–Kier alpha value is -0.0800. The van der Waals surface area contributed by atoms with Gasteiger partial charge in [0.1, 0.15) is 0 Å². The van der Waals surface area contributed by atoms with Crippen molar-refractivity contribution >= 4 is 0 Å². The average Bonchev–Trinajstić information content (AvgIpc) is 2.42. The minimum atomic E-state index is 0.881. The van der Waals surface area contributed by atoms with Crippen LogP contribution in [0.4, 0.5) is 0 Å². The van der Waals surface area contributed by atoms with Crippen LogP contribution in [-0.2, 0) is 0 Å². The van der Waals surface area contributed by atoms with E-state index in [-0.39, 0.29) is 0 Å². The van der Waals surface area contributed by atoms with Crippen molar-refractivity contribution in [1.29, 1.82) is 0 Å². The Balaban J connectivity index is 1.67. The summed E-state index contributed by atoms with van der Waals surface area (Å²) in [7, 11) is 4.74. The first kappa shape index (κ1) is 14.8. The fourth-order valence-corrected chi connectivity index (χ4v) is 5.43. The lowest BCUT2D eigenvalue weighted by atomic mass is 9.65. The number of nitrogens with zero attached hydrogens (tertiary/aromatic N) is 2. The Kier molecular flexibility index (Phi) is 4.72. The fourth-order valence-electron chi connectivity index (χ4n) is 5.43. The van der Waals surface area contributed by atoms with E-state index in [0.717, 1.165) is 29.8 Å². The molecule has 1 saturated carbocycles.